The normalized spacial score (nSPS) is 22.2. The van der Waals surface area contributed by atoms with Gasteiger partial charge in [0.1, 0.15) is 36.6 Å². The van der Waals surface area contributed by atoms with Gasteiger partial charge in [0.25, 0.3) is 0 Å². The van der Waals surface area contributed by atoms with Gasteiger partial charge in [0.15, 0.2) is 6.29 Å². The second-order valence-electron chi connectivity index (χ2n) is 16.8. The summed E-state index contributed by atoms with van der Waals surface area (Å²) in [5.41, 5.74) is 0. The lowest BCUT2D eigenvalue weighted by Crippen LogP contribution is -2.60. The van der Waals surface area contributed by atoms with Crippen LogP contribution in [0.4, 0.5) is 0 Å². The largest absolute Gasteiger partial charge is 0.394 e. The van der Waals surface area contributed by atoms with E-state index in [-0.39, 0.29) is 6.42 Å². The topological polar surface area (TPSA) is 189 Å². The van der Waals surface area contributed by atoms with Crippen LogP contribution in [0, 0.1) is 0 Å². The van der Waals surface area contributed by atoms with E-state index in [0.717, 1.165) is 38.5 Å². The van der Waals surface area contributed by atoms with Crippen LogP contribution >= 0.6 is 0 Å². The smallest absolute Gasteiger partial charge is 0.249 e. The molecule has 9 unspecified atom stereocenters. The van der Waals surface area contributed by atoms with Gasteiger partial charge in [0, 0.05) is 0 Å². The molecule has 1 rings (SSSR count). The number of hydrogen-bond acceptors (Lipinski definition) is 10. The van der Waals surface area contributed by atoms with Crippen molar-refractivity contribution in [3.63, 3.8) is 0 Å². The van der Waals surface area contributed by atoms with Crippen LogP contribution < -0.4 is 5.32 Å². The summed E-state index contributed by atoms with van der Waals surface area (Å²) in [5, 5.41) is 75.4. The molecule has 8 N–H and O–H groups in total. The average molecular weight is 804 g/mol. The summed E-state index contributed by atoms with van der Waals surface area (Å²) >= 11 is 0. The van der Waals surface area contributed by atoms with E-state index in [0.29, 0.717) is 19.3 Å². The summed E-state index contributed by atoms with van der Waals surface area (Å²) < 4.78 is 11.1. The Bertz CT molecular complexity index is 882. The van der Waals surface area contributed by atoms with Crippen molar-refractivity contribution in [2.75, 3.05) is 13.2 Å². The lowest BCUT2D eigenvalue weighted by atomic mass is 9.98. The van der Waals surface area contributed by atoms with Crippen LogP contribution in [0.25, 0.3) is 0 Å². The summed E-state index contributed by atoms with van der Waals surface area (Å²) in [4.78, 5) is 13.0. The van der Waals surface area contributed by atoms with Crippen LogP contribution in [0.2, 0.25) is 0 Å². The maximum atomic E-state index is 13.0. The fourth-order valence-corrected chi connectivity index (χ4v) is 7.74. The van der Waals surface area contributed by atoms with Crippen LogP contribution in [0.5, 0.6) is 0 Å². The molecule has 1 amide bonds. The molecule has 0 aromatic heterocycles. The van der Waals surface area contributed by atoms with E-state index < -0.39 is 74.2 Å². The fourth-order valence-electron chi connectivity index (χ4n) is 7.74. The second-order valence-corrected chi connectivity index (χ2v) is 16.8. The first-order valence-electron chi connectivity index (χ1n) is 23.4. The van der Waals surface area contributed by atoms with Crippen molar-refractivity contribution in [2.24, 2.45) is 0 Å². The van der Waals surface area contributed by atoms with Crippen molar-refractivity contribution >= 4 is 5.91 Å². The average Bonchev–Trinajstić information content (AvgIpc) is 3.20. The molecule has 0 radical (unpaired) electrons. The van der Waals surface area contributed by atoms with Crippen LogP contribution in [-0.2, 0) is 14.3 Å². The van der Waals surface area contributed by atoms with Gasteiger partial charge in [0.2, 0.25) is 5.91 Å². The molecule has 1 aliphatic heterocycles. The van der Waals surface area contributed by atoms with Crippen molar-refractivity contribution in [1.82, 2.24) is 5.32 Å². The van der Waals surface area contributed by atoms with Gasteiger partial charge in [-0.2, -0.15) is 0 Å². The molecule has 0 bridgehead atoms. The number of ether oxygens (including phenoxy) is 2. The van der Waals surface area contributed by atoms with Crippen LogP contribution in [0.3, 0.4) is 0 Å². The molecular formula is C45H89NO10. The Labute approximate surface area is 341 Å². The Morgan fingerprint density at radius 1 is 0.554 bits per heavy atom. The zero-order valence-electron chi connectivity index (χ0n) is 35.9. The predicted molar refractivity (Wildman–Crippen MR) is 224 cm³/mol. The standard InChI is InChI=1S/C45H89NO10/c1-3-5-7-9-11-13-14-15-16-17-18-19-20-21-22-23-24-25-27-29-31-33-38(49)44(54)46-36(35-55-45-43(53)42(52)41(51)39(34-47)56-45)40(50)37(48)32-30-28-26-12-10-8-6-4-2/h36-43,45,47-53H,3-35H2,1-2H3,(H,46,54). The van der Waals surface area contributed by atoms with Crippen molar-refractivity contribution in [2.45, 2.75) is 268 Å². The van der Waals surface area contributed by atoms with Gasteiger partial charge in [-0.25, -0.2) is 0 Å². The van der Waals surface area contributed by atoms with Crippen molar-refractivity contribution in [3.8, 4) is 0 Å². The van der Waals surface area contributed by atoms with E-state index >= 15 is 0 Å². The molecule has 56 heavy (non-hydrogen) atoms. The minimum atomic E-state index is -1.65. The fraction of sp³-hybridized carbons (Fsp3) is 0.978. The number of aliphatic hydroxyl groups is 7. The van der Waals surface area contributed by atoms with Gasteiger partial charge < -0.3 is 50.5 Å². The first-order chi connectivity index (χ1) is 27.2. The Hall–Kier alpha value is -0.890. The van der Waals surface area contributed by atoms with Gasteiger partial charge in [-0.3, -0.25) is 4.79 Å². The first-order valence-corrected chi connectivity index (χ1v) is 23.4. The van der Waals surface area contributed by atoms with E-state index in [1.165, 1.54) is 135 Å². The molecule has 0 aliphatic carbocycles. The monoisotopic (exact) mass is 804 g/mol. The highest BCUT2D eigenvalue weighted by Crippen LogP contribution is 2.23. The molecule has 0 saturated carbocycles. The summed E-state index contributed by atoms with van der Waals surface area (Å²) in [6.07, 6.45) is 24.7. The van der Waals surface area contributed by atoms with E-state index in [4.69, 9.17) is 9.47 Å². The van der Waals surface area contributed by atoms with Gasteiger partial charge in [-0.1, -0.05) is 200 Å². The van der Waals surface area contributed by atoms with Gasteiger partial charge in [-0.05, 0) is 12.8 Å². The zero-order chi connectivity index (χ0) is 41.2. The van der Waals surface area contributed by atoms with E-state index in [1.54, 1.807) is 0 Å². The molecule has 1 saturated heterocycles. The third kappa shape index (κ3) is 25.6. The Morgan fingerprint density at radius 3 is 1.32 bits per heavy atom. The highest BCUT2D eigenvalue weighted by atomic mass is 16.7. The molecule has 11 nitrogen and oxygen atoms in total. The van der Waals surface area contributed by atoms with Crippen molar-refractivity contribution in [1.29, 1.82) is 0 Å². The molecule has 11 heteroatoms. The molecule has 9 atom stereocenters. The molecule has 0 spiro atoms. The minimum Gasteiger partial charge on any atom is -0.394 e. The number of carbonyl (C=O) groups is 1. The molecule has 1 fully saturated rings. The Balaban J connectivity index is 2.33. The SMILES string of the molecule is CCCCCCCCCCCCCCCCCCCCCCCC(O)C(=O)NC(COC1OC(CO)C(O)C(O)C1O)C(O)C(O)CCCCCCCCCC. The third-order valence-electron chi connectivity index (χ3n) is 11.7. The quantitative estimate of drug-likeness (QED) is 0.0289. The Kier molecular flexibility index (Phi) is 34.2. The van der Waals surface area contributed by atoms with Crippen molar-refractivity contribution in [3.05, 3.63) is 0 Å². The molecule has 0 aromatic carbocycles. The molecule has 1 heterocycles. The van der Waals surface area contributed by atoms with Crippen LogP contribution in [0.15, 0.2) is 0 Å². The van der Waals surface area contributed by atoms with Gasteiger partial charge >= 0.3 is 0 Å². The summed E-state index contributed by atoms with van der Waals surface area (Å²) in [6, 6.07) is -1.16. The van der Waals surface area contributed by atoms with Crippen molar-refractivity contribution < 1.29 is 50.0 Å². The molecule has 334 valence electrons. The van der Waals surface area contributed by atoms with Gasteiger partial charge in [0.05, 0.1) is 25.4 Å². The van der Waals surface area contributed by atoms with Crippen LogP contribution in [0.1, 0.15) is 213 Å². The number of rotatable bonds is 39. The number of carbonyl (C=O) groups excluding carboxylic acids is 1. The molecule has 1 aliphatic rings. The van der Waals surface area contributed by atoms with E-state index in [1.807, 2.05) is 0 Å². The maximum Gasteiger partial charge on any atom is 0.249 e. The highest BCUT2D eigenvalue weighted by Gasteiger charge is 2.44. The first kappa shape index (κ1) is 53.1. The van der Waals surface area contributed by atoms with Gasteiger partial charge in [-0.15, -0.1) is 0 Å². The number of hydrogen-bond donors (Lipinski definition) is 8. The van der Waals surface area contributed by atoms with Crippen LogP contribution in [-0.4, -0.2) is 110 Å². The zero-order valence-corrected chi connectivity index (χ0v) is 35.9. The highest BCUT2D eigenvalue weighted by molar-refractivity contribution is 5.80. The number of nitrogens with one attached hydrogen (secondary N) is 1. The third-order valence-corrected chi connectivity index (χ3v) is 11.7. The summed E-state index contributed by atoms with van der Waals surface area (Å²) in [5.74, 6) is -0.695. The number of aliphatic hydroxyl groups excluding tert-OH is 7. The van der Waals surface area contributed by atoms with E-state index in [2.05, 4.69) is 19.2 Å². The lowest BCUT2D eigenvalue weighted by molar-refractivity contribution is -0.303. The van der Waals surface area contributed by atoms with E-state index in [9.17, 15) is 40.5 Å². The lowest BCUT2D eigenvalue weighted by Gasteiger charge is -2.40. The predicted octanol–water partition coefficient (Wildman–Crippen LogP) is 7.50. The molecule has 0 aromatic rings. The second kappa shape index (κ2) is 36.0. The minimum absolute atomic E-state index is 0.266. The maximum absolute atomic E-state index is 13.0. The number of amides is 1. The summed E-state index contributed by atoms with van der Waals surface area (Å²) in [7, 11) is 0. The Morgan fingerprint density at radius 2 is 0.929 bits per heavy atom. The number of unbranched alkanes of at least 4 members (excludes halogenated alkanes) is 27. The summed E-state index contributed by atoms with van der Waals surface area (Å²) in [6.45, 7) is 3.41. The molecular weight excluding hydrogens is 714 g/mol.